The first kappa shape index (κ1) is 16.3. The Morgan fingerprint density at radius 3 is 2.75 bits per heavy atom. The summed E-state index contributed by atoms with van der Waals surface area (Å²) in [7, 11) is 0. The largest absolute Gasteiger partial charge is 0.466 e. The highest BCUT2D eigenvalue weighted by Crippen LogP contribution is 2.28. The highest BCUT2D eigenvalue weighted by Gasteiger charge is 2.16. The molecule has 1 N–H and O–H groups in total. The molecule has 0 radical (unpaired) electrons. The Hall–Kier alpha value is -2.61. The van der Waals surface area contributed by atoms with Crippen molar-refractivity contribution in [2.45, 2.75) is 19.1 Å². The molecule has 0 fully saturated rings. The predicted molar refractivity (Wildman–Crippen MR) is 87.2 cm³/mol. The minimum Gasteiger partial charge on any atom is -0.466 e. The Labute approximate surface area is 141 Å². The number of aryl methyl sites for hydroxylation is 2. The third kappa shape index (κ3) is 3.65. The number of aromatic nitrogens is 2. The third-order valence-corrected chi connectivity index (χ3v) is 3.97. The van der Waals surface area contributed by atoms with Crippen LogP contribution >= 0.6 is 11.8 Å². The summed E-state index contributed by atoms with van der Waals surface area (Å²) in [4.78, 5) is 11.9. The van der Waals surface area contributed by atoms with Crippen LogP contribution in [0, 0.1) is 19.7 Å². The molecule has 0 bridgehead atoms. The van der Waals surface area contributed by atoms with Crippen molar-refractivity contribution in [1.29, 1.82) is 0 Å². The van der Waals surface area contributed by atoms with Gasteiger partial charge in [0.05, 0.1) is 17.0 Å². The Morgan fingerprint density at radius 2 is 2.04 bits per heavy atom. The number of hydrogen-bond donors (Lipinski definition) is 1. The van der Waals surface area contributed by atoms with E-state index in [4.69, 9.17) is 8.83 Å². The summed E-state index contributed by atoms with van der Waals surface area (Å²) < 4.78 is 24.4. The average Bonchev–Trinajstić information content (AvgIpc) is 3.13. The van der Waals surface area contributed by atoms with Crippen molar-refractivity contribution in [2.75, 3.05) is 11.1 Å². The highest BCUT2D eigenvalue weighted by molar-refractivity contribution is 7.99. The van der Waals surface area contributed by atoms with Crippen LogP contribution in [0.5, 0.6) is 0 Å². The van der Waals surface area contributed by atoms with Crippen LogP contribution in [-0.4, -0.2) is 21.9 Å². The molecule has 0 unspecified atom stereocenters. The number of nitrogens with one attached hydrogen (secondary N) is 1. The van der Waals surface area contributed by atoms with Gasteiger partial charge in [0.15, 0.2) is 0 Å². The van der Waals surface area contributed by atoms with Crippen molar-refractivity contribution < 1.29 is 18.0 Å². The van der Waals surface area contributed by atoms with E-state index in [9.17, 15) is 9.18 Å². The second kappa shape index (κ2) is 6.88. The summed E-state index contributed by atoms with van der Waals surface area (Å²) in [5.41, 5.74) is 0.862. The standard InChI is InChI=1S/C16H14FN3O3S/c1-9-7-11(10(2)22-9)15-19-20-16(23-15)24-8-14(21)18-13-6-4-3-5-12(13)17/h3-7H,8H2,1-2H3,(H,18,21). The van der Waals surface area contributed by atoms with Gasteiger partial charge in [0.2, 0.25) is 5.91 Å². The SMILES string of the molecule is Cc1cc(-c2nnc(SCC(=O)Nc3ccccc3F)o2)c(C)o1. The number of nitrogens with zero attached hydrogens (tertiary/aromatic N) is 2. The molecular formula is C16H14FN3O3S. The molecule has 2 heterocycles. The lowest BCUT2D eigenvalue weighted by molar-refractivity contribution is -0.113. The highest BCUT2D eigenvalue weighted by atomic mass is 32.2. The fourth-order valence-electron chi connectivity index (χ4n) is 2.10. The molecule has 0 saturated carbocycles. The molecule has 0 saturated heterocycles. The maximum absolute atomic E-state index is 13.5. The van der Waals surface area contributed by atoms with Gasteiger partial charge in [-0.15, -0.1) is 10.2 Å². The number of furan rings is 1. The zero-order valence-electron chi connectivity index (χ0n) is 13.0. The van der Waals surface area contributed by atoms with Gasteiger partial charge in [0.1, 0.15) is 17.3 Å². The number of hydrogen-bond acceptors (Lipinski definition) is 6. The Morgan fingerprint density at radius 1 is 1.25 bits per heavy atom. The first-order valence-electron chi connectivity index (χ1n) is 7.11. The van der Waals surface area contributed by atoms with Crippen molar-refractivity contribution in [3.63, 3.8) is 0 Å². The van der Waals surface area contributed by atoms with Gasteiger partial charge in [-0.3, -0.25) is 4.79 Å². The monoisotopic (exact) mass is 347 g/mol. The van der Waals surface area contributed by atoms with E-state index in [1.807, 2.05) is 13.0 Å². The van der Waals surface area contributed by atoms with Crippen LogP contribution in [0.1, 0.15) is 11.5 Å². The maximum Gasteiger partial charge on any atom is 0.277 e. The molecule has 0 aliphatic heterocycles. The molecule has 0 aliphatic carbocycles. The van der Waals surface area contributed by atoms with Crippen LogP contribution in [0.15, 0.2) is 44.4 Å². The third-order valence-electron chi connectivity index (χ3n) is 3.15. The van der Waals surface area contributed by atoms with Crippen molar-refractivity contribution in [3.05, 3.63) is 47.7 Å². The van der Waals surface area contributed by atoms with E-state index in [0.717, 1.165) is 23.1 Å². The zero-order valence-corrected chi connectivity index (χ0v) is 13.8. The lowest BCUT2D eigenvalue weighted by Crippen LogP contribution is -2.14. The molecule has 6 nitrogen and oxygen atoms in total. The lowest BCUT2D eigenvalue weighted by atomic mass is 10.2. The van der Waals surface area contributed by atoms with E-state index in [-0.39, 0.29) is 22.6 Å². The van der Waals surface area contributed by atoms with E-state index in [0.29, 0.717) is 11.7 Å². The van der Waals surface area contributed by atoms with Crippen LogP contribution in [0.3, 0.4) is 0 Å². The average molecular weight is 347 g/mol. The first-order valence-corrected chi connectivity index (χ1v) is 8.09. The summed E-state index contributed by atoms with van der Waals surface area (Å²) in [5.74, 6) is 0.951. The molecule has 2 aromatic heterocycles. The number of anilines is 1. The van der Waals surface area contributed by atoms with Crippen molar-refractivity contribution >= 4 is 23.4 Å². The van der Waals surface area contributed by atoms with Gasteiger partial charge in [-0.2, -0.15) is 0 Å². The van der Waals surface area contributed by atoms with Crippen molar-refractivity contribution in [2.24, 2.45) is 0 Å². The molecule has 0 spiro atoms. The van der Waals surface area contributed by atoms with Gasteiger partial charge in [-0.25, -0.2) is 4.39 Å². The van der Waals surface area contributed by atoms with E-state index in [2.05, 4.69) is 15.5 Å². The summed E-state index contributed by atoms with van der Waals surface area (Å²) in [5, 5.41) is 10.6. The molecular weight excluding hydrogens is 333 g/mol. The molecule has 124 valence electrons. The first-order chi connectivity index (χ1) is 11.5. The van der Waals surface area contributed by atoms with E-state index >= 15 is 0 Å². The quantitative estimate of drug-likeness (QED) is 0.707. The van der Waals surface area contributed by atoms with Crippen LogP contribution in [-0.2, 0) is 4.79 Å². The number of halogens is 1. The molecule has 0 atom stereocenters. The van der Waals surface area contributed by atoms with Crippen LogP contribution in [0.4, 0.5) is 10.1 Å². The summed E-state index contributed by atoms with van der Waals surface area (Å²) in [6.45, 7) is 3.64. The fourth-order valence-corrected chi connectivity index (χ4v) is 2.66. The molecule has 0 aliphatic rings. The topological polar surface area (TPSA) is 81.2 Å². The summed E-state index contributed by atoms with van der Waals surface area (Å²) in [6.07, 6.45) is 0. The van der Waals surface area contributed by atoms with Gasteiger partial charge in [-0.1, -0.05) is 23.9 Å². The predicted octanol–water partition coefficient (Wildman–Crippen LogP) is 3.82. The Kier molecular flexibility index (Phi) is 4.66. The van der Waals surface area contributed by atoms with Crippen LogP contribution in [0.2, 0.25) is 0 Å². The minimum atomic E-state index is -0.485. The van der Waals surface area contributed by atoms with E-state index in [1.165, 1.54) is 12.1 Å². The number of amides is 1. The van der Waals surface area contributed by atoms with Gasteiger partial charge < -0.3 is 14.2 Å². The fraction of sp³-hybridized carbons (Fsp3) is 0.188. The normalized spacial score (nSPS) is 10.8. The lowest BCUT2D eigenvalue weighted by Gasteiger charge is -2.04. The van der Waals surface area contributed by atoms with Crippen LogP contribution < -0.4 is 5.32 Å². The van der Waals surface area contributed by atoms with E-state index in [1.54, 1.807) is 19.1 Å². The molecule has 8 heteroatoms. The molecule has 1 aromatic carbocycles. The second-order valence-corrected chi connectivity index (χ2v) is 5.94. The van der Waals surface area contributed by atoms with E-state index < -0.39 is 5.82 Å². The number of thioether (sulfide) groups is 1. The van der Waals surface area contributed by atoms with Gasteiger partial charge >= 0.3 is 0 Å². The molecule has 1 amide bonds. The number of carbonyl (C=O) groups is 1. The summed E-state index contributed by atoms with van der Waals surface area (Å²) >= 11 is 1.08. The smallest absolute Gasteiger partial charge is 0.277 e. The van der Waals surface area contributed by atoms with Gasteiger partial charge in [-0.05, 0) is 32.0 Å². The zero-order chi connectivity index (χ0) is 17.1. The molecule has 3 aromatic rings. The van der Waals surface area contributed by atoms with Gasteiger partial charge in [0, 0.05) is 0 Å². The van der Waals surface area contributed by atoms with Gasteiger partial charge in [0.25, 0.3) is 11.1 Å². The number of para-hydroxylation sites is 1. The van der Waals surface area contributed by atoms with Crippen LogP contribution in [0.25, 0.3) is 11.5 Å². The Balaban J connectivity index is 1.60. The maximum atomic E-state index is 13.5. The summed E-state index contributed by atoms with van der Waals surface area (Å²) in [6, 6.07) is 7.78. The number of benzene rings is 1. The molecule has 3 rings (SSSR count). The second-order valence-electron chi connectivity index (χ2n) is 5.02. The van der Waals surface area contributed by atoms with Crippen molar-refractivity contribution in [3.8, 4) is 11.5 Å². The number of rotatable bonds is 5. The number of carbonyl (C=O) groups excluding carboxylic acids is 1. The van der Waals surface area contributed by atoms with Crippen molar-refractivity contribution in [1.82, 2.24) is 10.2 Å². The molecule has 24 heavy (non-hydrogen) atoms. The minimum absolute atomic E-state index is 0.0271. The Bertz CT molecular complexity index is 875.